The van der Waals surface area contributed by atoms with Gasteiger partial charge in [-0.25, -0.2) is 0 Å². The number of likely N-dealkylation sites (N-methyl/N-ethyl adjacent to an activating group) is 1. The van der Waals surface area contributed by atoms with Crippen molar-refractivity contribution >= 4 is 17.8 Å². The van der Waals surface area contributed by atoms with Crippen LogP contribution >= 0.6 is 0 Å². The van der Waals surface area contributed by atoms with Gasteiger partial charge in [0.15, 0.2) is 0 Å². The van der Waals surface area contributed by atoms with Gasteiger partial charge >= 0.3 is 5.97 Å². The van der Waals surface area contributed by atoms with E-state index in [0.29, 0.717) is 24.9 Å². The van der Waals surface area contributed by atoms with Gasteiger partial charge < -0.3 is 19.4 Å². The molecule has 0 unspecified atom stereocenters. The maximum Gasteiger partial charge on any atom is 0.313 e. The van der Waals surface area contributed by atoms with Crippen molar-refractivity contribution in [2.24, 2.45) is 0 Å². The van der Waals surface area contributed by atoms with E-state index in [1.807, 2.05) is 0 Å². The minimum atomic E-state index is -0.470. The standard InChI is InChI=1S/C14H18N2O5/c1-16-8-9(3-4-12(16)17)15-14(19)10-5-6-21-11(10)7-13(18)20-2/h5-6,9H,3-4,7-8H2,1-2H3,(H,15,19)/t9-/m1/s1. The van der Waals surface area contributed by atoms with Crippen molar-refractivity contribution in [2.45, 2.75) is 25.3 Å². The summed E-state index contributed by atoms with van der Waals surface area (Å²) in [4.78, 5) is 36.5. The van der Waals surface area contributed by atoms with E-state index in [4.69, 9.17) is 4.42 Å². The molecule has 1 aliphatic heterocycles. The fraction of sp³-hybridized carbons (Fsp3) is 0.500. The second-order valence-corrected chi connectivity index (χ2v) is 4.99. The number of amides is 2. The van der Waals surface area contributed by atoms with Gasteiger partial charge in [-0.1, -0.05) is 0 Å². The van der Waals surface area contributed by atoms with Crippen molar-refractivity contribution in [1.29, 1.82) is 0 Å². The first-order chi connectivity index (χ1) is 10.0. The molecule has 114 valence electrons. The van der Waals surface area contributed by atoms with Crippen molar-refractivity contribution in [2.75, 3.05) is 20.7 Å². The van der Waals surface area contributed by atoms with E-state index in [1.165, 1.54) is 19.4 Å². The van der Waals surface area contributed by atoms with Crippen molar-refractivity contribution in [1.82, 2.24) is 10.2 Å². The van der Waals surface area contributed by atoms with Crippen LogP contribution in [0.1, 0.15) is 29.0 Å². The lowest BCUT2D eigenvalue weighted by molar-refractivity contribution is -0.140. The van der Waals surface area contributed by atoms with Crippen LogP contribution in [-0.2, 0) is 20.7 Å². The molecule has 0 bridgehead atoms. The van der Waals surface area contributed by atoms with E-state index in [2.05, 4.69) is 10.1 Å². The van der Waals surface area contributed by atoms with Gasteiger partial charge in [-0.2, -0.15) is 0 Å². The Labute approximate surface area is 122 Å². The second kappa shape index (κ2) is 6.43. The largest absolute Gasteiger partial charge is 0.469 e. The number of piperidine rings is 1. The van der Waals surface area contributed by atoms with Crippen molar-refractivity contribution in [3.63, 3.8) is 0 Å². The highest BCUT2D eigenvalue weighted by Crippen LogP contribution is 2.14. The molecule has 1 saturated heterocycles. The molecule has 2 heterocycles. The second-order valence-electron chi connectivity index (χ2n) is 4.99. The van der Waals surface area contributed by atoms with Crippen LogP contribution in [0.25, 0.3) is 0 Å². The predicted octanol–water partition coefficient (Wildman–Crippen LogP) is 0.346. The zero-order valence-electron chi connectivity index (χ0n) is 12.0. The first kappa shape index (κ1) is 15.1. The molecule has 1 fully saturated rings. The van der Waals surface area contributed by atoms with Crippen molar-refractivity contribution < 1.29 is 23.5 Å². The molecule has 1 aromatic rings. The molecule has 1 aliphatic rings. The Morgan fingerprint density at radius 3 is 2.95 bits per heavy atom. The Kier molecular flexibility index (Phi) is 4.62. The summed E-state index contributed by atoms with van der Waals surface area (Å²) in [5.74, 6) is -0.424. The summed E-state index contributed by atoms with van der Waals surface area (Å²) in [5, 5.41) is 2.86. The van der Waals surface area contributed by atoms with Gasteiger partial charge in [0.05, 0.1) is 18.9 Å². The zero-order valence-corrected chi connectivity index (χ0v) is 12.0. The van der Waals surface area contributed by atoms with Gasteiger partial charge in [0.25, 0.3) is 5.91 Å². The zero-order chi connectivity index (χ0) is 15.4. The Morgan fingerprint density at radius 1 is 1.52 bits per heavy atom. The van der Waals surface area contributed by atoms with Crippen LogP contribution in [0, 0.1) is 0 Å². The van der Waals surface area contributed by atoms with Crippen molar-refractivity contribution in [3.05, 3.63) is 23.7 Å². The van der Waals surface area contributed by atoms with Crippen LogP contribution in [0.2, 0.25) is 0 Å². The SMILES string of the molecule is COC(=O)Cc1occc1C(=O)N[C@@H]1CCC(=O)N(C)C1. The molecule has 0 spiro atoms. The molecule has 2 rings (SSSR count). The van der Waals surface area contributed by atoms with E-state index < -0.39 is 5.97 Å². The average molecular weight is 294 g/mol. The maximum atomic E-state index is 12.2. The molecule has 0 radical (unpaired) electrons. The minimum absolute atomic E-state index is 0.0789. The fourth-order valence-electron chi connectivity index (χ4n) is 2.28. The van der Waals surface area contributed by atoms with Gasteiger partial charge in [0.1, 0.15) is 12.2 Å². The third kappa shape index (κ3) is 3.62. The molecule has 0 aliphatic carbocycles. The van der Waals surface area contributed by atoms with Crippen LogP contribution < -0.4 is 5.32 Å². The number of hydrogen-bond acceptors (Lipinski definition) is 5. The Bertz CT molecular complexity index is 551. The molecule has 1 aromatic heterocycles. The van der Waals surface area contributed by atoms with Gasteiger partial charge in [0.2, 0.25) is 5.91 Å². The molecule has 7 heteroatoms. The molecule has 21 heavy (non-hydrogen) atoms. The Morgan fingerprint density at radius 2 is 2.29 bits per heavy atom. The molecule has 7 nitrogen and oxygen atoms in total. The van der Waals surface area contributed by atoms with Gasteiger partial charge in [-0.3, -0.25) is 14.4 Å². The summed E-state index contributed by atoms with van der Waals surface area (Å²) < 4.78 is 9.72. The third-order valence-electron chi connectivity index (χ3n) is 3.48. The summed E-state index contributed by atoms with van der Waals surface area (Å²) >= 11 is 0. The maximum absolute atomic E-state index is 12.2. The van der Waals surface area contributed by atoms with E-state index >= 15 is 0 Å². The number of likely N-dealkylation sites (tertiary alicyclic amines) is 1. The summed E-state index contributed by atoms with van der Waals surface area (Å²) in [5.41, 5.74) is 0.319. The minimum Gasteiger partial charge on any atom is -0.469 e. The highest BCUT2D eigenvalue weighted by atomic mass is 16.5. The summed E-state index contributed by atoms with van der Waals surface area (Å²) in [6.07, 6.45) is 2.31. The molecule has 0 saturated carbocycles. The molecular weight excluding hydrogens is 276 g/mol. The Hall–Kier alpha value is -2.31. The van der Waals surface area contributed by atoms with E-state index in [0.717, 1.165) is 0 Å². The van der Waals surface area contributed by atoms with Gasteiger partial charge in [-0.15, -0.1) is 0 Å². The molecule has 1 atom stereocenters. The smallest absolute Gasteiger partial charge is 0.313 e. The number of nitrogens with zero attached hydrogens (tertiary/aromatic N) is 1. The van der Waals surface area contributed by atoms with Crippen LogP contribution in [0.15, 0.2) is 16.7 Å². The predicted molar refractivity (Wildman–Crippen MR) is 72.6 cm³/mol. The van der Waals surface area contributed by atoms with Crippen LogP contribution in [0.4, 0.5) is 0 Å². The molecule has 1 N–H and O–H groups in total. The van der Waals surface area contributed by atoms with Crippen LogP contribution in [0.3, 0.4) is 0 Å². The van der Waals surface area contributed by atoms with Gasteiger partial charge in [0, 0.05) is 26.1 Å². The normalized spacial score (nSPS) is 18.5. The summed E-state index contributed by atoms with van der Waals surface area (Å²) in [6, 6.07) is 1.42. The van der Waals surface area contributed by atoms with E-state index in [9.17, 15) is 14.4 Å². The lowest BCUT2D eigenvalue weighted by atomic mass is 10.0. The topological polar surface area (TPSA) is 88.8 Å². The molecular formula is C14H18N2O5. The summed E-state index contributed by atoms with van der Waals surface area (Å²) in [7, 11) is 2.99. The van der Waals surface area contributed by atoms with Crippen LogP contribution in [0.5, 0.6) is 0 Å². The number of hydrogen-bond donors (Lipinski definition) is 1. The number of furan rings is 1. The van der Waals surface area contributed by atoms with E-state index in [-0.39, 0.29) is 30.0 Å². The van der Waals surface area contributed by atoms with E-state index in [1.54, 1.807) is 11.9 Å². The summed E-state index contributed by atoms with van der Waals surface area (Å²) in [6.45, 7) is 0.481. The number of esters is 1. The monoisotopic (exact) mass is 294 g/mol. The highest BCUT2D eigenvalue weighted by molar-refractivity contribution is 5.96. The molecule has 2 amide bonds. The number of rotatable bonds is 4. The number of carbonyl (C=O) groups is 3. The lowest BCUT2D eigenvalue weighted by Crippen LogP contribution is -2.48. The number of carbonyl (C=O) groups excluding carboxylic acids is 3. The fourth-order valence-corrected chi connectivity index (χ4v) is 2.28. The average Bonchev–Trinajstić information content (AvgIpc) is 2.91. The molecule has 0 aromatic carbocycles. The first-order valence-electron chi connectivity index (χ1n) is 6.69. The van der Waals surface area contributed by atoms with Gasteiger partial charge in [-0.05, 0) is 12.5 Å². The highest BCUT2D eigenvalue weighted by Gasteiger charge is 2.26. The number of methoxy groups -OCH3 is 1. The van der Waals surface area contributed by atoms with Crippen molar-refractivity contribution in [3.8, 4) is 0 Å². The number of ether oxygens (including phenoxy) is 1. The lowest BCUT2D eigenvalue weighted by Gasteiger charge is -2.30. The number of nitrogens with one attached hydrogen (secondary N) is 1. The quantitative estimate of drug-likeness (QED) is 0.809. The van der Waals surface area contributed by atoms with Crippen LogP contribution in [-0.4, -0.2) is 49.4 Å². The third-order valence-corrected chi connectivity index (χ3v) is 3.48. The Balaban J connectivity index is 1.99. The first-order valence-corrected chi connectivity index (χ1v) is 6.69.